The highest BCUT2D eigenvalue weighted by molar-refractivity contribution is 8.18. The Bertz CT molecular complexity index is 1100. The number of benzene rings is 2. The molecule has 0 bridgehead atoms. The van der Waals surface area contributed by atoms with Crippen molar-refractivity contribution in [2.45, 2.75) is 13.5 Å². The van der Waals surface area contributed by atoms with E-state index in [1.54, 1.807) is 30.3 Å². The minimum atomic E-state index is -0.423. The van der Waals surface area contributed by atoms with Crippen molar-refractivity contribution in [1.82, 2.24) is 4.90 Å². The van der Waals surface area contributed by atoms with E-state index in [-0.39, 0.29) is 18.2 Å². The average Bonchev–Trinajstić information content (AvgIpc) is 3.29. The molecule has 0 unspecified atom stereocenters. The summed E-state index contributed by atoms with van der Waals surface area (Å²) in [6.07, 6.45) is 1.59. The highest BCUT2D eigenvalue weighted by Gasteiger charge is 2.36. The van der Waals surface area contributed by atoms with Gasteiger partial charge in [0.05, 0.1) is 30.2 Å². The Kier molecular flexibility index (Phi) is 6.22. The molecule has 7 nitrogen and oxygen atoms in total. The number of halogens is 2. The van der Waals surface area contributed by atoms with Gasteiger partial charge in [0.2, 0.25) is 6.79 Å². The van der Waals surface area contributed by atoms with E-state index >= 15 is 0 Å². The Labute approximate surface area is 192 Å². The molecule has 2 aliphatic rings. The van der Waals surface area contributed by atoms with Crippen molar-refractivity contribution in [3.8, 4) is 23.0 Å². The van der Waals surface area contributed by atoms with Crippen molar-refractivity contribution in [2.24, 2.45) is 0 Å². The maximum atomic E-state index is 12.9. The fourth-order valence-corrected chi connectivity index (χ4v) is 4.47. The van der Waals surface area contributed by atoms with Crippen LogP contribution in [0, 0.1) is 0 Å². The normalized spacial score (nSPS) is 16.4. The summed E-state index contributed by atoms with van der Waals surface area (Å²) in [5.41, 5.74) is 1.19. The van der Waals surface area contributed by atoms with Crippen molar-refractivity contribution < 1.29 is 28.5 Å². The second-order valence-corrected chi connectivity index (χ2v) is 8.34. The fraction of sp³-hybridized carbons (Fsp3) is 0.238. The number of carbonyl (C=O) groups is 2. The zero-order valence-corrected chi connectivity index (χ0v) is 18.9. The summed E-state index contributed by atoms with van der Waals surface area (Å²) in [5.74, 6) is 1.50. The second kappa shape index (κ2) is 8.90. The van der Waals surface area contributed by atoms with Crippen LogP contribution in [0.2, 0.25) is 10.0 Å². The molecule has 2 amide bonds. The molecule has 0 aliphatic carbocycles. The van der Waals surface area contributed by atoms with Crippen LogP contribution in [0.5, 0.6) is 23.0 Å². The Morgan fingerprint density at radius 3 is 2.58 bits per heavy atom. The number of hydrogen-bond donors (Lipinski definition) is 0. The number of fused-ring (bicyclic) bond motifs is 1. The highest BCUT2D eigenvalue weighted by Crippen LogP contribution is 2.41. The Morgan fingerprint density at radius 2 is 1.87 bits per heavy atom. The lowest BCUT2D eigenvalue weighted by Crippen LogP contribution is -2.27. The molecule has 1 saturated heterocycles. The van der Waals surface area contributed by atoms with Gasteiger partial charge in [0, 0.05) is 11.1 Å². The van der Waals surface area contributed by atoms with Gasteiger partial charge in [-0.1, -0.05) is 23.2 Å². The summed E-state index contributed by atoms with van der Waals surface area (Å²) in [7, 11) is 1.50. The first-order valence-electron chi connectivity index (χ1n) is 9.25. The largest absolute Gasteiger partial charge is 0.493 e. The van der Waals surface area contributed by atoms with E-state index in [4.69, 9.17) is 42.1 Å². The zero-order valence-electron chi connectivity index (χ0n) is 16.6. The van der Waals surface area contributed by atoms with Crippen LogP contribution in [0.4, 0.5) is 4.79 Å². The third kappa shape index (κ3) is 4.28. The highest BCUT2D eigenvalue weighted by atomic mass is 35.5. The number of carbonyl (C=O) groups excluding carboxylic acids is 2. The number of ether oxygens (including phenoxy) is 4. The van der Waals surface area contributed by atoms with Gasteiger partial charge in [-0.25, -0.2) is 0 Å². The van der Waals surface area contributed by atoms with E-state index in [0.717, 1.165) is 16.7 Å². The summed E-state index contributed by atoms with van der Waals surface area (Å²) in [6, 6.07) is 6.63. The van der Waals surface area contributed by atoms with Gasteiger partial charge in [0.15, 0.2) is 23.0 Å². The van der Waals surface area contributed by atoms with Gasteiger partial charge in [0.25, 0.3) is 11.1 Å². The number of methoxy groups -OCH3 is 1. The molecular formula is C21H17Cl2NO6S. The maximum Gasteiger partial charge on any atom is 0.293 e. The molecular weight excluding hydrogens is 465 g/mol. The van der Waals surface area contributed by atoms with Crippen molar-refractivity contribution in [3.05, 3.63) is 50.3 Å². The van der Waals surface area contributed by atoms with E-state index in [2.05, 4.69) is 0 Å². The summed E-state index contributed by atoms with van der Waals surface area (Å²) >= 11 is 13.4. The van der Waals surface area contributed by atoms with Gasteiger partial charge in [-0.3, -0.25) is 14.5 Å². The minimum absolute atomic E-state index is 0.0187. The van der Waals surface area contributed by atoms with Gasteiger partial charge in [-0.05, 0) is 54.1 Å². The third-order valence-electron chi connectivity index (χ3n) is 4.58. The quantitative estimate of drug-likeness (QED) is 0.513. The Balaban J connectivity index is 1.59. The summed E-state index contributed by atoms with van der Waals surface area (Å²) in [4.78, 5) is 26.8. The smallest absolute Gasteiger partial charge is 0.293 e. The molecule has 162 valence electrons. The fourth-order valence-electron chi connectivity index (χ4n) is 3.15. The topological polar surface area (TPSA) is 74.3 Å². The van der Waals surface area contributed by atoms with Gasteiger partial charge in [-0.15, -0.1) is 0 Å². The number of amides is 2. The molecule has 10 heteroatoms. The molecule has 0 spiro atoms. The van der Waals surface area contributed by atoms with E-state index < -0.39 is 11.1 Å². The predicted octanol–water partition coefficient (Wildman–Crippen LogP) is 5.37. The van der Waals surface area contributed by atoms with Gasteiger partial charge in [0.1, 0.15) is 0 Å². The van der Waals surface area contributed by atoms with Crippen LogP contribution in [0.3, 0.4) is 0 Å². The third-order valence-corrected chi connectivity index (χ3v) is 6.12. The van der Waals surface area contributed by atoms with Crippen molar-refractivity contribution in [3.63, 3.8) is 0 Å². The molecule has 2 aromatic carbocycles. The molecule has 4 rings (SSSR count). The first-order valence-corrected chi connectivity index (χ1v) is 10.8. The molecule has 0 radical (unpaired) electrons. The average molecular weight is 482 g/mol. The van der Waals surface area contributed by atoms with Crippen LogP contribution in [0.15, 0.2) is 29.2 Å². The number of nitrogens with zero attached hydrogens (tertiary/aromatic N) is 1. The van der Waals surface area contributed by atoms with Crippen LogP contribution in [-0.4, -0.2) is 36.6 Å². The van der Waals surface area contributed by atoms with Crippen molar-refractivity contribution >= 4 is 52.2 Å². The number of imide groups is 1. The van der Waals surface area contributed by atoms with E-state index in [9.17, 15) is 9.59 Å². The Morgan fingerprint density at radius 1 is 1.13 bits per heavy atom. The molecule has 31 heavy (non-hydrogen) atoms. The van der Waals surface area contributed by atoms with E-state index in [0.29, 0.717) is 50.8 Å². The van der Waals surface area contributed by atoms with Crippen molar-refractivity contribution in [1.29, 1.82) is 0 Å². The summed E-state index contributed by atoms with van der Waals surface area (Å²) < 4.78 is 21.5. The Hall–Kier alpha value is -2.55. The van der Waals surface area contributed by atoms with Crippen molar-refractivity contribution in [2.75, 3.05) is 20.5 Å². The van der Waals surface area contributed by atoms with Crippen LogP contribution in [-0.2, 0) is 11.3 Å². The number of hydrogen-bond acceptors (Lipinski definition) is 7. The molecule has 0 aromatic heterocycles. The van der Waals surface area contributed by atoms with Gasteiger partial charge < -0.3 is 18.9 Å². The molecule has 2 heterocycles. The molecule has 0 saturated carbocycles. The number of thioether (sulfide) groups is 1. The lowest BCUT2D eigenvalue weighted by molar-refractivity contribution is -0.123. The SMILES string of the molecule is CCOc1c(Cl)cc(/C=C2\SC(=O)N(Cc3cc4c(cc3Cl)OCO4)C2=O)cc1OC. The monoisotopic (exact) mass is 481 g/mol. The first-order chi connectivity index (χ1) is 14.9. The molecule has 0 atom stereocenters. The summed E-state index contributed by atoms with van der Waals surface area (Å²) in [6.45, 7) is 2.39. The molecule has 2 aliphatic heterocycles. The minimum Gasteiger partial charge on any atom is -0.493 e. The molecule has 2 aromatic rings. The number of rotatable bonds is 6. The van der Waals surface area contributed by atoms with Gasteiger partial charge in [-0.2, -0.15) is 0 Å². The lowest BCUT2D eigenvalue weighted by Gasteiger charge is -2.14. The van der Waals surface area contributed by atoms with Crippen LogP contribution in [0.25, 0.3) is 6.08 Å². The standard InChI is InChI=1S/C21H17Cl2NO6S/c1-3-28-19-14(23)4-11(5-17(19)27-2)6-18-20(25)24(21(26)31-18)9-12-7-15-16(8-13(12)22)30-10-29-15/h4-8H,3,9-10H2,1-2H3/b18-6-. The first kappa shape index (κ1) is 21.7. The second-order valence-electron chi connectivity index (χ2n) is 6.53. The zero-order chi connectivity index (χ0) is 22.1. The van der Waals surface area contributed by atoms with Gasteiger partial charge >= 0.3 is 0 Å². The van der Waals surface area contributed by atoms with E-state index in [1.807, 2.05) is 6.92 Å². The molecule has 0 N–H and O–H groups in total. The van der Waals surface area contributed by atoms with Crippen LogP contribution >= 0.6 is 35.0 Å². The van der Waals surface area contributed by atoms with Crippen LogP contribution in [0.1, 0.15) is 18.1 Å². The summed E-state index contributed by atoms with van der Waals surface area (Å²) in [5, 5.41) is 0.336. The lowest BCUT2D eigenvalue weighted by atomic mass is 10.1. The molecule has 1 fully saturated rings. The van der Waals surface area contributed by atoms with Crippen LogP contribution < -0.4 is 18.9 Å². The predicted molar refractivity (Wildman–Crippen MR) is 118 cm³/mol. The maximum absolute atomic E-state index is 12.9. The van der Waals surface area contributed by atoms with E-state index in [1.165, 1.54) is 7.11 Å².